The minimum absolute atomic E-state index is 0.147. The standard InChI is InChI=1S/C12H13N5O4/c1-2-3-4-17-5-6-8(15-11(17)19)14-9(13-6)7-10(18)16-12(20)21-7/h5,7H,2-4H2,1H3,(H,16,18,20)(H,13,14,15,19). The van der Waals surface area contributed by atoms with Gasteiger partial charge in [-0.15, -0.1) is 0 Å². The monoisotopic (exact) mass is 291 g/mol. The van der Waals surface area contributed by atoms with Gasteiger partial charge in [0.1, 0.15) is 5.52 Å². The van der Waals surface area contributed by atoms with Crippen LogP contribution in [0, 0.1) is 0 Å². The molecule has 0 aliphatic carbocycles. The number of carbonyl (C=O) groups excluding carboxylic acids is 2. The fourth-order valence-corrected chi connectivity index (χ4v) is 2.09. The van der Waals surface area contributed by atoms with Gasteiger partial charge in [0.15, 0.2) is 11.5 Å². The highest BCUT2D eigenvalue weighted by molar-refractivity contribution is 6.00. The highest BCUT2D eigenvalue weighted by Gasteiger charge is 2.36. The van der Waals surface area contributed by atoms with Crippen LogP contribution in [0.4, 0.5) is 4.79 Å². The molecule has 0 radical (unpaired) electrons. The van der Waals surface area contributed by atoms with Gasteiger partial charge in [-0.05, 0) is 6.42 Å². The normalized spacial score (nSPS) is 18.0. The smallest absolute Gasteiger partial charge is 0.415 e. The van der Waals surface area contributed by atoms with Crippen molar-refractivity contribution >= 4 is 23.2 Å². The van der Waals surface area contributed by atoms with Gasteiger partial charge in [0.05, 0.1) is 0 Å². The Balaban J connectivity index is 1.98. The van der Waals surface area contributed by atoms with Crippen LogP contribution in [0.25, 0.3) is 11.2 Å². The first-order valence-corrected chi connectivity index (χ1v) is 6.57. The van der Waals surface area contributed by atoms with Gasteiger partial charge >= 0.3 is 11.8 Å². The number of amides is 2. The molecule has 0 aromatic carbocycles. The van der Waals surface area contributed by atoms with E-state index in [0.717, 1.165) is 12.8 Å². The Kier molecular flexibility index (Phi) is 3.16. The number of H-pyrrole nitrogens is 1. The molecule has 0 spiro atoms. The maximum Gasteiger partial charge on any atom is 0.415 e. The van der Waals surface area contributed by atoms with Crippen molar-refractivity contribution in [2.24, 2.45) is 0 Å². The van der Waals surface area contributed by atoms with Crippen molar-refractivity contribution in [2.45, 2.75) is 32.4 Å². The van der Waals surface area contributed by atoms with E-state index >= 15 is 0 Å². The third-order valence-corrected chi connectivity index (χ3v) is 3.15. The Morgan fingerprint density at radius 2 is 2.14 bits per heavy atom. The molecule has 21 heavy (non-hydrogen) atoms. The predicted octanol–water partition coefficient (Wildman–Crippen LogP) is 0.227. The number of rotatable bonds is 4. The molecule has 2 aromatic heterocycles. The Labute approximate surface area is 118 Å². The summed E-state index contributed by atoms with van der Waals surface area (Å²) in [5.74, 6) is -0.450. The molecule has 1 aliphatic rings. The zero-order valence-corrected chi connectivity index (χ0v) is 11.3. The summed E-state index contributed by atoms with van der Waals surface area (Å²) in [6.07, 6.45) is 1.46. The average Bonchev–Trinajstić information content (AvgIpc) is 2.98. The summed E-state index contributed by atoms with van der Waals surface area (Å²) in [5, 5.41) is 2.01. The van der Waals surface area contributed by atoms with Gasteiger partial charge in [-0.3, -0.25) is 14.7 Å². The summed E-state index contributed by atoms with van der Waals surface area (Å²) in [6, 6.07) is 0. The maximum absolute atomic E-state index is 11.8. The molecule has 3 heterocycles. The van der Waals surface area contributed by atoms with Gasteiger partial charge in [-0.25, -0.2) is 14.6 Å². The summed E-state index contributed by atoms with van der Waals surface area (Å²) in [4.78, 5) is 45.1. The third kappa shape index (κ3) is 2.37. The second-order valence-electron chi connectivity index (χ2n) is 4.70. The molecule has 1 saturated heterocycles. The first-order chi connectivity index (χ1) is 10.1. The highest BCUT2D eigenvalue weighted by Crippen LogP contribution is 2.21. The number of imidazole rings is 1. The van der Waals surface area contributed by atoms with Gasteiger partial charge < -0.3 is 9.72 Å². The number of carbonyl (C=O) groups is 2. The molecule has 3 rings (SSSR count). The van der Waals surface area contributed by atoms with Crippen molar-refractivity contribution in [3.63, 3.8) is 0 Å². The van der Waals surface area contributed by atoms with Crippen LogP contribution in [0.3, 0.4) is 0 Å². The molecule has 110 valence electrons. The molecule has 1 fully saturated rings. The zero-order chi connectivity index (χ0) is 15.0. The summed E-state index contributed by atoms with van der Waals surface area (Å²) in [5.41, 5.74) is 0.303. The van der Waals surface area contributed by atoms with Crippen molar-refractivity contribution < 1.29 is 14.3 Å². The molecule has 2 aromatic rings. The predicted molar refractivity (Wildman–Crippen MR) is 70.4 cm³/mol. The number of nitrogens with one attached hydrogen (secondary N) is 2. The van der Waals surface area contributed by atoms with Gasteiger partial charge in [0.25, 0.3) is 5.91 Å². The first kappa shape index (κ1) is 13.3. The molecule has 2 amide bonds. The van der Waals surface area contributed by atoms with Crippen LogP contribution in [0.1, 0.15) is 31.7 Å². The molecule has 2 N–H and O–H groups in total. The molecule has 0 saturated carbocycles. The van der Waals surface area contributed by atoms with Crippen LogP contribution in [0.15, 0.2) is 11.0 Å². The fourth-order valence-electron chi connectivity index (χ4n) is 2.09. The molecular weight excluding hydrogens is 278 g/mol. The number of hydrogen-bond acceptors (Lipinski definition) is 6. The zero-order valence-electron chi connectivity index (χ0n) is 11.3. The third-order valence-electron chi connectivity index (χ3n) is 3.15. The number of aromatic amines is 1. The number of aromatic nitrogens is 4. The van der Waals surface area contributed by atoms with Crippen LogP contribution in [-0.4, -0.2) is 31.5 Å². The highest BCUT2D eigenvalue weighted by atomic mass is 16.6. The number of alkyl carbamates (subject to hydrolysis) is 1. The van der Waals surface area contributed by atoms with Crippen molar-refractivity contribution in [1.29, 1.82) is 0 Å². The number of aryl methyl sites for hydroxylation is 1. The van der Waals surface area contributed by atoms with Crippen molar-refractivity contribution in [3.05, 3.63) is 22.5 Å². The van der Waals surface area contributed by atoms with Crippen LogP contribution >= 0.6 is 0 Å². The lowest BCUT2D eigenvalue weighted by molar-refractivity contribution is -0.123. The van der Waals surface area contributed by atoms with E-state index < -0.39 is 23.8 Å². The van der Waals surface area contributed by atoms with Crippen LogP contribution in [-0.2, 0) is 16.1 Å². The minimum Gasteiger partial charge on any atom is -0.427 e. The van der Waals surface area contributed by atoms with Crippen LogP contribution in [0.2, 0.25) is 0 Å². The van der Waals surface area contributed by atoms with E-state index in [1.165, 1.54) is 4.57 Å². The van der Waals surface area contributed by atoms with Crippen LogP contribution in [0.5, 0.6) is 0 Å². The summed E-state index contributed by atoms with van der Waals surface area (Å²) < 4.78 is 6.29. The maximum atomic E-state index is 11.8. The first-order valence-electron chi connectivity index (χ1n) is 6.57. The number of unbranched alkanes of at least 4 members (excludes halogenated alkanes) is 1. The number of nitrogens with zero attached hydrogens (tertiary/aromatic N) is 3. The quantitative estimate of drug-likeness (QED) is 0.832. The van der Waals surface area contributed by atoms with Gasteiger partial charge in [0, 0.05) is 12.7 Å². The number of cyclic esters (lactones) is 1. The van der Waals surface area contributed by atoms with Crippen LogP contribution < -0.4 is 11.0 Å². The van der Waals surface area contributed by atoms with E-state index in [0.29, 0.717) is 12.1 Å². The second-order valence-corrected chi connectivity index (χ2v) is 4.70. The second kappa shape index (κ2) is 5.00. The lowest BCUT2D eigenvalue weighted by atomic mass is 10.3. The van der Waals surface area contributed by atoms with E-state index in [9.17, 15) is 14.4 Å². The number of hydrogen-bond donors (Lipinski definition) is 2. The summed E-state index contributed by atoms with van der Waals surface area (Å²) >= 11 is 0. The van der Waals surface area contributed by atoms with E-state index in [1.54, 1.807) is 6.20 Å². The van der Waals surface area contributed by atoms with Gasteiger partial charge in [-0.2, -0.15) is 4.98 Å². The molecule has 9 heteroatoms. The van der Waals surface area contributed by atoms with E-state index in [1.807, 2.05) is 12.2 Å². The largest absolute Gasteiger partial charge is 0.427 e. The minimum atomic E-state index is -1.13. The van der Waals surface area contributed by atoms with Crippen molar-refractivity contribution in [3.8, 4) is 0 Å². The van der Waals surface area contributed by atoms with E-state index in [-0.39, 0.29) is 11.5 Å². The Morgan fingerprint density at radius 1 is 1.33 bits per heavy atom. The molecule has 0 bridgehead atoms. The summed E-state index contributed by atoms with van der Waals surface area (Å²) in [6.45, 7) is 2.59. The Morgan fingerprint density at radius 3 is 2.81 bits per heavy atom. The fraction of sp³-hybridized carbons (Fsp3) is 0.417. The van der Waals surface area contributed by atoms with Crippen molar-refractivity contribution in [2.75, 3.05) is 0 Å². The Bertz CT molecular complexity index is 778. The van der Waals surface area contributed by atoms with Crippen molar-refractivity contribution in [1.82, 2.24) is 24.8 Å². The van der Waals surface area contributed by atoms with Gasteiger partial charge in [-0.1, -0.05) is 13.3 Å². The molecule has 1 atom stereocenters. The molecule has 1 unspecified atom stereocenters. The molecule has 1 aliphatic heterocycles. The van der Waals surface area contributed by atoms with E-state index in [4.69, 9.17) is 4.74 Å². The van der Waals surface area contributed by atoms with E-state index in [2.05, 4.69) is 15.0 Å². The lowest BCUT2D eigenvalue weighted by Gasteiger charge is -2.02. The molecular formula is C12H13N5O4. The number of imide groups is 1. The average molecular weight is 291 g/mol. The van der Waals surface area contributed by atoms with Gasteiger partial charge in [0.2, 0.25) is 6.10 Å². The Hall–Kier alpha value is -2.71. The topological polar surface area (TPSA) is 119 Å². The number of ether oxygens (including phenoxy) is 1. The molecule has 9 nitrogen and oxygen atoms in total. The number of fused-ring (bicyclic) bond motifs is 1. The summed E-state index contributed by atoms with van der Waals surface area (Å²) in [7, 11) is 0. The SMILES string of the molecule is CCCCn1cc2[nH]c(C3OC(=O)NC3=O)nc2nc1=O. The lowest BCUT2D eigenvalue weighted by Crippen LogP contribution is -2.22.